The third-order valence-corrected chi connectivity index (χ3v) is 13.7. The molecule has 1 aliphatic heterocycles. The van der Waals surface area contributed by atoms with E-state index in [1.807, 2.05) is 0 Å². The van der Waals surface area contributed by atoms with Gasteiger partial charge in [0, 0.05) is 38.8 Å². The van der Waals surface area contributed by atoms with E-state index in [0.29, 0.717) is 0 Å². The fourth-order valence-corrected chi connectivity index (χ4v) is 10.1. The van der Waals surface area contributed by atoms with Gasteiger partial charge < -0.3 is 5.53 Å². The van der Waals surface area contributed by atoms with Crippen molar-refractivity contribution < 1.29 is 21.2 Å². The number of hydrogen-bond donors (Lipinski definition) is 0. The standard InChI is InChI=1S/C58H96N2.Ni/c1-9-17-24-30-36-47-43-51(44-48(37-31-25-18-10-2)54(47)41-34-28-21-13-5)57-53(16-8)56(40-23-15-7)58(60(57)59)52-45-49(38-32-26-19-11-3)55(42-35-29-22-14-6)50(46-52)39-33-27-20-12-4;/h43-46H,9-42H2,1-8H3;. The molecule has 3 rings (SSSR count). The summed E-state index contributed by atoms with van der Waals surface area (Å²) in [6.45, 7) is 18.6. The second-order valence-electron chi connectivity index (χ2n) is 18.8. The molecule has 0 fully saturated rings. The Labute approximate surface area is 389 Å². The Balaban J connectivity index is 0.0000128. The molecular weight excluding hydrogens is 783 g/mol. The molecule has 0 atom stereocenters. The van der Waals surface area contributed by atoms with E-state index in [4.69, 9.17) is 0 Å². The van der Waals surface area contributed by atoms with Gasteiger partial charge in [0.2, 0.25) is 11.4 Å². The maximum Gasteiger partial charge on any atom is 0.211 e. The van der Waals surface area contributed by atoms with Crippen molar-refractivity contribution in [1.82, 2.24) is 0 Å². The Morgan fingerprint density at radius 3 is 0.885 bits per heavy atom. The third kappa shape index (κ3) is 18.2. The molecule has 61 heavy (non-hydrogen) atoms. The maximum absolute atomic E-state index is 12.9. The Morgan fingerprint density at radius 2 is 0.607 bits per heavy atom. The number of allylic oxidation sites excluding steroid dienone is 2. The molecule has 2 nitrogen and oxygen atoms in total. The van der Waals surface area contributed by atoms with Crippen molar-refractivity contribution >= 4 is 11.4 Å². The van der Waals surface area contributed by atoms with Gasteiger partial charge in [0.1, 0.15) is 0 Å². The molecular formula is C58H96N2Ni. The summed E-state index contributed by atoms with van der Waals surface area (Å²) in [5, 5.41) is 0. The molecule has 0 radical (unpaired) electrons. The zero-order valence-corrected chi connectivity index (χ0v) is 42.5. The molecule has 3 heteroatoms. The van der Waals surface area contributed by atoms with Gasteiger partial charge in [-0.2, -0.15) is 0 Å². The van der Waals surface area contributed by atoms with E-state index in [9.17, 15) is 5.53 Å². The van der Waals surface area contributed by atoms with Crippen molar-refractivity contribution in [2.45, 2.75) is 274 Å². The summed E-state index contributed by atoms with van der Waals surface area (Å²) in [7, 11) is 0. The Morgan fingerprint density at radius 1 is 0.328 bits per heavy atom. The van der Waals surface area contributed by atoms with Crippen molar-refractivity contribution in [3.05, 3.63) is 85.5 Å². The molecule has 0 unspecified atom stereocenters. The number of hydrogen-bond acceptors (Lipinski definition) is 0. The van der Waals surface area contributed by atoms with E-state index in [1.165, 1.54) is 189 Å². The van der Waals surface area contributed by atoms with Gasteiger partial charge in [-0.1, -0.05) is 177 Å². The van der Waals surface area contributed by atoms with Crippen LogP contribution in [0.1, 0.15) is 280 Å². The van der Waals surface area contributed by atoms with Gasteiger partial charge in [-0.15, -0.1) is 0 Å². The number of aryl methyl sites for hydroxylation is 4. The Kier molecular flexibility index (Phi) is 30.3. The molecule has 0 bridgehead atoms. The summed E-state index contributed by atoms with van der Waals surface area (Å²) in [6.07, 6.45) is 42.4. The Bertz CT molecular complexity index is 1510. The van der Waals surface area contributed by atoms with Crippen molar-refractivity contribution in [3.8, 4) is 0 Å². The summed E-state index contributed by atoms with van der Waals surface area (Å²) in [5.41, 5.74) is 30.0. The summed E-state index contributed by atoms with van der Waals surface area (Å²) >= 11 is 0. The first kappa shape index (κ1) is 55.1. The van der Waals surface area contributed by atoms with Crippen LogP contribution in [-0.4, -0.2) is 4.70 Å². The summed E-state index contributed by atoms with van der Waals surface area (Å²) in [4.78, 5) is 0. The van der Waals surface area contributed by atoms with E-state index in [2.05, 4.69) is 79.7 Å². The quantitative estimate of drug-likeness (QED) is 0.0370. The number of unbranched alkanes of at least 4 members (excludes halogenated alkanes) is 19. The molecule has 2 aromatic rings. The molecule has 0 N–H and O–H groups in total. The summed E-state index contributed by atoms with van der Waals surface area (Å²) in [6, 6.07) is 10.2. The van der Waals surface area contributed by atoms with E-state index < -0.39 is 0 Å². The average molecular weight is 880 g/mol. The van der Waals surface area contributed by atoms with Crippen molar-refractivity contribution in [1.29, 1.82) is 0 Å². The monoisotopic (exact) mass is 879 g/mol. The second kappa shape index (κ2) is 33.5. The van der Waals surface area contributed by atoms with Crippen LogP contribution in [0, 0.1) is 0 Å². The zero-order chi connectivity index (χ0) is 43.4. The second-order valence-corrected chi connectivity index (χ2v) is 18.8. The van der Waals surface area contributed by atoms with Crippen LogP contribution >= 0.6 is 0 Å². The predicted molar refractivity (Wildman–Crippen MR) is 267 cm³/mol. The molecule has 0 amide bonds. The topological polar surface area (TPSA) is 25.3 Å². The van der Waals surface area contributed by atoms with Crippen molar-refractivity contribution in [2.24, 2.45) is 0 Å². The predicted octanol–water partition coefficient (Wildman–Crippen LogP) is 19.2. The van der Waals surface area contributed by atoms with Gasteiger partial charge in [0.15, 0.2) is 0 Å². The fraction of sp³-hybridized carbons (Fsp3) is 0.724. The smallest absolute Gasteiger partial charge is 0.211 e. The molecule has 1 aliphatic rings. The third-order valence-electron chi connectivity index (χ3n) is 13.7. The number of rotatable bonds is 36. The maximum atomic E-state index is 12.9. The molecule has 0 saturated carbocycles. The van der Waals surface area contributed by atoms with Crippen LogP contribution in [0.15, 0.2) is 35.4 Å². The first-order chi connectivity index (χ1) is 29.4. The van der Waals surface area contributed by atoms with Crippen LogP contribution in [0.5, 0.6) is 0 Å². The molecule has 0 aromatic heterocycles. The van der Waals surface area contributed by atoms with Gasteiger partial charge in [-0.3, -0.25) is 0 Å². The van der Waals surface area contributed by atoms with Crippen LogP contribution in [0.25, 0.3) is 16.9 Å². The Hall–Kier alpha value is -1.99. The van der Waals surface area contributed by atoms with Gasteiger partial charge in [0.25, 0.3) is 0 Å². The van der Waals surface area contributed by atoms with Crippen LogP contribution in [0.3, 0.4) is 0 Å². The molecule has 2 aromatic carbocycles. The number of benzene rings is 2. The SMILES string of the molecule is CCCCCCc1cc(C2=C(CC)C(CCCC)=C(c3cc(CCCCCC)c(CCCCCC)c(CCCCCC)c3)[N+]2=[N-])cc(CCCCCC)c1CCCCCC.[Ni]. The molecule has 1 heterocycles. The van der Waals surface area contributed by atoms with Crippen molar-refractivity contribution in [3.63, 3.8) is 0 Å². The van der Waals surface area contributed by atoms with Gasteiger partial charge in [-0.25, -0.2) is 4.70 Å². The minimum absolute atomic E-state index is 0. The van der Waals surface area contributed by atoms with E-state index in [0.717, 1.165) is 62.8 Å². The minimum atomic E-state index is 0. The largest absolute Gasteiger partial charge is 0.493 e. The zero-order valence-electron chi connectivity index (χ0n) is 41.6. The average Bonchev–Trinajstić information content (AvgIpc) is 3.54. The number of nitrogens with zero attached hydrogens (tertiary/aromatic N) is 2. The normalized spacial score (nSPS) is 13.0. The summed E-state index contributed by atoms with van der Waals surface area (Å²) < 4.78 is 1.72. The fourth-order valence-electron chi connectivity index (χ4n) is 10.1. The van der Waals surface area contributed by atoms with Crippen LogP contribution < -0.4 is 0 Å². The van der Waals surface area contributed by atoms with Crippen LogP contribution in [0.2, 0.25) is 0 Å². The molecule has 348 valence electrons. The summed E-state index contributed by atoms with van der Waals surface area (Å²) in [5.74, 6) is 0. The van der Waals surface area contributed by atoms with Gasteiger partial charge >= 0.3 is 0 Å². The van der Waals surface area contributed by atoms with Crippen LogP contribution in [0.4, 0.5) is 0 Å². The van der Waals surface area contributed by atoms with Crippen molar-refractivity contribution in [2.75, 3.05) is 0 Å². The molecule has 0 saturated heterocycles. The van der Waals surface area contributed by atoms with E-state index in [1.54, 1.807) is 38.1 Å². The first-order valence-electron chi connectivity index (χ1n) is 26.7. The van der Waals surface area contributed by atoms with Crippen LogP contribution in [-0.2, 0) is 55.0 Å². The van der Waals surface area contributed by atoms with E-state index >= 15 is 0 Å². The van der Waals surface area contributed by atoms with Gasteiger partial charge in [-0.05, 0) is 154 Å². The minimum Gasteiger partial charge on any atom is -0.493 e. The molecule has 0 aliphatic carbocycles. The molecule has 0 spiro atoms. The first-order valence-corrected chi connectivity index (χ1v) is 26.7. The van der Waals surface area contributed by atoms with Gasteiger partial charge in [0.05, 0.1) is 0 Å². The van der Waals surface area contributed by atoms with E-state index in [-0.39, 0.29) is 16.5 Å².